The quantitative estimate of drug-likeness (QED) is 0.166. The van der Waals surface area contributed by atoms with Gasteiger partial charge in [-0.1, -0.05) is 65.8 Å². The van der Waals surface area contributed by atoms with E-state index in [1.165, 1.54) is 39.0 Å². The van der Waals surface area contributed by atoms with E-state index in [2.05, 4.69) is 5.32 Å². The summed E-state index contributed by atoms with van der Waals surface area (Å²) >= 11 is 0. The number of aliphatic hydroxyl groups excluding tert-OH is 5. The molecular weight excluding hydrogens is 594 g/mol. The molecule has 11 heteroatoms. The van der Waals surface area contributed by atoms with Crippen LogP contribution < -0.4 is 5.32 Å². The van der Waals surface area contributed by atoms with Crippen LogP contribution in [0.25, 0.3) is 0 Å². The van der Waals surface area contributed by atoms with Crippen LogP contribution >= 0.6 is 0 Å². The van der Waals surface area contributed by atoms with E-state index in [4.69, 9.17) is 0 Å². The first kappa shape index (κ1) is 37.1. The Hall–Kier alpha value is -3.35. The van der Waals surface area contributed by atoms with Gasteiger partial charge in [-0.2, -0.15) is 0 Å². The molecule has 0 aromatic rings. The molecular formula is C35H47NO10. The Morgan fingerprint density at radius 2 is 1.20 bits per heavy atom. The number of Topliss-reactive ketones (excluding diaryl/α,β-unsaturated/α-hetero) is 3. The van der Waals surface area contributed by atoms with E-state index in [0.717, 1.165) is 6.08 Å². The van der Waals surface area contributed by atoms with E-state index in [1.54, 1.807) is 40.7 Å². The number of rotatable bonds is 0. The van der Waals surface area contributed by atoms with E-state index in [-0.39, 0.29) is 11.1 Å². The third-order valence-corrected chi connectivity index (χ3v) is 9.95. The molecule has 11 nitrogen and oxygen atoms in total. The number of amides is 1. The van der Waals surface area contributed by atoms with Gasteiger partial charge in [0.1, 0.15) is 5.92 Å². The summed E-state index contributed by atoms with van der Waals surface area (Å²) < 4.78 is 0. The van der Waals surface area contributed by atoms with Crippen LogP contribution in [-0.2, 0) is 24.0 Å². The Labute approximate surface area is 269 Å². The van der Waals surface area contributed by atoms with Crippen LogP contribution in [0.3, 0.4) is 0 Å². The molecule has 4 rings (SSSR count). The van der Waals surface area contributed by atoms with E-state index >= 15 is 0 Å². The molecule has 0 aromatic carbocycles. The molecule has 252 valence electrons. The van der Waals surface area contributed by atoms with Gasteiger partial charge in [-0.05, 0) is 19.4 Å². The maximum atomic E-state index is 13.8. The average molecular weight is 642 g/mol. The van der Waals surface area contributed by atoms with Crippen molar-refractivity contribution in [2.45, 2.75) is 85.9 Å². The van der Waals surface area contributed by atoms with Gasteiger partial charge in [0, 0.05) is 58.3 Å². The number of aliphatic hydroxyl groups is 5. The van der Waals surface area contributed by atoms with Gasteiger partial charge in [0.25, 0.3) is 5.91 Å². The summed E-state index contributed by atoms with van der Waals surface area (Å²) in [6.07, 6.45) is 0.591. The van der Waals surface area contributed by atoms with Crippen molar-refractivity contribution >= 4 is 29.0 Å². The molecule has 1 amide bonds. The monoisotopic (exact) mass is 641 g/mol. The first-order chi connectivity index (χ1) is 21.3. The van der Waals surface area contributed by atoms with Gasteiger partial charge < -0.3 is 30.8 Å². The molecule has 2 aliphatic carbocycles. The van der Waals surface area contributed by atoms with E-state index in [0.29, 0.717) is 0 Å². The summed E-state index contributed by atoms with van der Waals surface area (Å²) in [5, 5.41) is 57.6. The zero-order chi connectivity index (χ0) is 34.9. The van der Waals surface area contributed by atoms with Crippen molar-refractivity contribution in [3.63, 3.8) is 0 Å². The van der Waals surface area contributed by atoms with Crippen LogP contribution in [-0.4, -0.2) is 85.1 Å². The van der Waals surface area contributed by atoms with Crippen LogP contribution in [0.15, 0.2) is 58.4 Å². The summed E-state index contributed by atoms with van der Waals surface area (Å²) in [7, 11) is 0. The smallest absolute Gasteiger partial charge is 0.251 e. The highest BCUT2D eigenvalue weighted by atomic mass is 16.3. The van der Waals surface area contributed by atoms with Gasteiger partial charge in [-0.25, -0.2) is 0 Å². The Balaban J connectivity index is 2.14. The lowest BCUT2D eigenvalue weighted by Crippen LogP contribution is -2.49. The Kier molecular flexibility index (Phi) is 11.8. The fourth-order valence-electron chi connectivity index (χ4n) is 6.54. The SMILES string of the molecule is CC1=C/C=C\[C@H](C)[C@H](O)[C@@H](C)[C@@H](O)[C@@H](C)[C@H](O)[C@H](C)[C@@H](O)C(C)/C=C(/C)C(=O)C2C(=O)C(C)C(O)C3=C2C(=O)C=C(NC1=O)C3=O. The van der Waals surface area contributed by atoms with Crippen molar-refractivity contribution in [1.82, 2.24) is 5.32 Å². The van der Waals surface area contributed by atoms with Crippen LogP contribution in [0.1, 0.15) is 55.4 Å². The van der Waals surface area contributed by atoms with Crippen LogP contribution in [0.5, 0.6) is 0 Å². The predicted molar refractivity (Wildman–Crippen MR) is 168 cm³/mol. The molecule has 0 spiro atoms. The first-order valence-electron chi connectivity index (χ1n) is 15.7. The number of carbonyl (C=O) groups excluding carboxylic acids is 5. The highest BCUT2D eigenvalue weighted by Crippen LogP contribution is 2.38. The maximum Gasteiger partial charge on any atom is 0.251 e. The molecule has 0 aromatic heterocycles. The van der Waals surface area contributed by atoms with Crippen molar-refractivity contribution in [3.8, 4) is 0 Å². The molecule has 0 saturated heterocycles. The molecule has 0 saturated carbocycles. The maximum absolute atomic E-state index is 13.8. The number of nitrogens with one attached hydrogen (secondary N) is 1. The predicted octanol–water partition coefficient (Wildman–Crippen LogP) is 1.29. The molecule has 4 bridgehead atoms. The van der Waals surface area contributed by atoms with Gasteiger partial charge in [0.05, 0.1) is 36.2 Å². The van der Waals surface area contributed by atoms with Gasteiger partial charge in [-0.3, -0.25) is 24.0 Å². The molecule has 4 aliphatic rings. The van der Waals surface area contributed by atoms with Crippen molar-refractivity contribution in [2.75, 3.05) is 0 Å². The summed E-state index contributed by atoms with van der Waals surface area (Å²) in [6, 6.07) is 0. The summed E-state index contributed by atoms with van der Waals surface area (Å²) in [4.78, 5) is 67.0. The number of hydrogen-bond acceptors (Lipinski definition) is 10. The summed E-state index contributed by atoms with van der Waals surface area (Å²) in [5.74, 6) is -10.3. The highest BCUT2D eigenvalue weighted by Gasteiger charge is 2.50. The first-order valence-corrected chi connectivity index (χ1v) is 15.7. The van der Waals surface area contributed by atoms with E-state index < -0.39 is 118 Å². The minimum absolute atomic E-state index is 0.0239. The van der Waals surface area contributed by atoms with Crippen molar-refractivity contribution in [2.24, 2.45) is 41.4 Å². The second kappa shape index (κ2) is 14.6. The van der Waals surface area contributed by atoms with Gasteiger partial charge in [0.15, 0.2) is 17.3 Å². The molecule has 46 heavy (non-hydrogen) atoms. The molecule has 2 aliphatic heterocycles. The van der Waals surface area contributed by atoms with Gasteiger partial charge in [0.2, 0.25) is 5.78 Å². The molecule has 12 atom stereocenters. The second-order valence-corrected chi connectivity index (χ2v) is 13.3. The largest absolute Gasteiger partial charge is 0.392 e. The zero-order valence-corrected chi connectivity index (χ0v) is 27.6. The minimum atomic E-state index is -1.68. The minimum Gasteiger partial charge on any atom is -0.392 e. The Morgan fingerprint density at radius 1 is 0.674 bits per heavy atom. The third kappa shape index (κ3) is 7.13. The summed E-state index contributed by atoms with van der Waals surface area (Å²) in [5.41, 5.74) is -1.10. The Bertz CT molecular complexity index is 1430. The van der Waals surface area contributed by atoms with E-state index in [1.807, 2.05) is 0 Å². The number of carbonyl (C=O) groups is 5. The second-order valence-electron chi connectivity index (χ2n) is 13.3. The lowest BCUT2D eigenvalue weighted by atomic mass is 9.67. The average Bonchev–Trinajstić information content (AvgIpc) is 3.02. The standard InChI is InChI=1S/C35H47NO10/c1-14-10-9-11-15(2)35(46)36-22-13-23(37)24-25(32(43)21(8)33(44)26(24)34(22)45)29(40)17(4)12-16(3)28(39)19(6)31(42)20(7)30(41)18(5)27(14)38/h9-14,16,18-21,25,27-28,30-31,33,38-39,41-42,44H,1-8H3,(H,36,46)/b10-9-,15-11?,17-12-/t14-,16?,18+,19+,20+,21?,25?,27-,28-,30+,31+,33?/m0/s1. The lowest BCUT2D eigenvalue weighted by Gasteiger charge is -2.37. The molecule has 0 fully saturated rings. The number of hydrogen-bond donors (Lipinski definition) is 6. The van der Waals surface area contributed by atoms with Crippen LogP contribution in [0.2, 0.25) is 0 Å². The Morgan fingerprint density at radius 3 is 1.76 bits per heavy atom. The third-order valence-electron chi connectivity index (χ3n) is 9.95. The topological polar surface area (TPSA) is 199 Å². The van der Waals surface area contributed by atoms with Crippen molar-refractivity contribution in [1.29, 1.82) is 0 Å². The van der Waals surface area contributed by atoms with Crippen LogP contribution in [0.4, 0.5) is 0 Å². The zero-order valence-electron chi connectivity index (χ0n) is 27.6. The molecule has 6 N–H and O–H groups in total. The lowest BCUT2D eigenvalue weighted by molar-refractivity contribution is -0.136. The number of ketones is 4. The fraction of sp³-hybridized carbons (Fsp3) is 0.571. The van der Waals surface area contributed by atoms with Crippen molar-refractivity contribution in [3.05, 3.63) is 58.4 Å². The number of allylic oxidation sites excluding steroid dienone is 6. The van der Waals surface area contributed by atoms with Gasteiger partial charge in [-0.15, -0.1) is 0 Å². The van der Waals surface area contributed by atoms with Gasteiger partial charge >= 0.3 is 0 Å². The number of fused-ring (bicyclic) bond motifs is 15. The highest BCUT2D eigenvalue weighted by molar-refractivity contribution is 6.30. The molecule has 2 heterocycles. The molecule has 0 radical (unpaired) electrons. The normalized spacial score (nSPS) is 41.0. The molecule has 4 unspecified atom stereocenters. The van der Waals surface area contributed by atoms with E-state index in [9.17, 15) is 49.5 Å². The van der Waals surface area contributed by atoms with Crippen LogP contribution in [0, 0.1) is 41.4 Å². The fourth-order valence-corrected chi connectivity index (χ4v) is 6.54. The van der Waals surface area contributed by atoms with Crippen molar-refractivity contribution < 1.29 is 49.5 Å². The summed E-state index contributed by atoms with van der Waals surface area (Å²) in [6.45, 7) is 12.4.